The van der Waals surface area contributed by atoms with Crippen molar-refractivity contribution in [2.75, 3.05) is 0 Å². The Kier molecular flexibility index (Phi) is 4.41. The number of furan rings is 2. The van der Waals surface area contributed by atoms with Crippen LogP contribution in [0.3, 0.4) is 0 Å². The van der Waals surface area contributed by atoms with Crippen LogP contribution < -0.4 is 10.5 Å². The van der Waals surface area contributed by atoms with E-state index in [2.05, 4.69) is 4.98 Å². The van der Waals surface area contributed by atoms with E-state index in [0.717, 1.165) is 22.8 Å². The van der Waals surface area contributed by atoms with E-state index in [-0.39, 0.29) is 5.56 Å². The number of rotatable bonds is 6. The van der Waals surface area contributed by atoms with Crippen LogP contribution >= 0.6 is 0 Å². The molecule has 0 spiro atoms. The standard InChI is InChI=1S/C20H19N3O3/c1-15-6-7-19-21-16(10-20(24)23(19)11-15)12-22(13-17-4-2-8-25-17)14-18-5-3-9-26-18/h2-11H,12-14H2,1H3/p+1. The van der Waals surface area contributed by atoms with Crippen LogP contribution in [0.25, 0.3) is 5.65 Å². The molecule has 6 nitrogen and oxygen atoms in total. The summed E-state index contributed by atoms with van der Waals surface area (Å²) in [6.45, 7) is 3.92. The molecule has 0 atom stereocenters. The van der Waals surface area contributed by atoms with Crippen molar-refractivity contribution < 1.29 is 13.7 Å². The van der Waals surface area contributed by atoms with E-state index >= 15 is 0 Å². The van der Waals surface area contributed by atoms with Crippen molar-refractivity contribution in [2.45, 2.75) is 26.6 Å². The van der Waals surface area contributed by atoms with Gasteiger partial charge in [-0.25, -0.2) is 4.98 Å². The Morgan fingerprint density at radius 2 is 1.69 bits per heavy atom. The lowest BCUT2D eigenvalue weighted by atomic mass is 10.3. The highest BCUT2D eigenvalue weighted by molar-refractivity contribution is 5.39. The molecule has 0 aliphatic carbocycles. The largest absolute Gasteiger partial charge is 0.463 e. The summed E-state index contributed by atoms with van der Waals surface area (Å²) in [6, 6.07) is 13.1. The Balaban J connectivity index is 1.63. The molecular formula is C20H20N3O3+. The van der Waals surface area contributed by atoms with Crippen LogP contribution in [0.4, 0.5) is 0 Å². The third kappa shape index (κ3) is 3.60. The highest BCUT2D eigenvalue weighted by atomic mass is 16.3. The molecule has 132 valence electrons. The zero-order chi connectivity index (χ0) is 17.9. The van der Waals surface area contributed by atoms with Crippen LogP contribution in [-0.4, -0.2) is 9.38 Å². The van der Waals surface area contributed by atoms with E-state index in [4.69, 9.17) is 8.83 Å². The molecule has 0 amide bonds. The van der Waals surface area contributed by atoms with E-state index < -0.39 is 0 Å². The molecule has 4 heterocycles. The van der Waals surface area contributed by atoms with Crippen LogP contribution in [0, 0.1) is 6.92 Å². The summed E-state index contributed by atoms with van der Waals surface area (Å²) in [7, 11) is 0. The minimum absolute atomic E-state index is 0.0657. The second-order valence-electron chi connectivity index (χ2n) is 6.46. The van der Waals surface area contributed by atoms with E-state index in [0.29, 0.717) is 25.3 Å². The van der Waals surface area contributed by atoms with Crippen molar-refractivity contribution in [1.29, 1.82) is 0 Å². The molecule has 0 saturated carbocycles. The lowest BCUT2D eigenvalue weighted by Gasteiger charge is -2.17. The SMILES string of the molecule is Cc1ccc2nc(C[NH+](Cc3ccco3)Cc3ccco3)cc(=O)n2c1. The average molecular weight is 350 g/mol. The van der Waals surface area contributed by atoms with Gasteiger partial charge in [-0.15, -0.1) is 0 Å². The van der Waals surface area contributed by atoms with Gasteiger partial charge in [0.25, 0.3) is 5.56 Å². The summed E-state index contributed by atoms with van der Waals surface area (Å²) in [5, 5.41) is 0. The maximum atomic E-state index is 12.4. The monoisotopic (exact) mass is 350 g/mol. The van der Waals surface area contributed by atoms with Crippen LogP contribution in [0.15, 0.2) is 74.8 Å². The van der Waals surface area contributed by atoms with Crippen molar-refractivity contribution in [3.8, 4) is 0 Å². The van der Waals surface area contributed by atoms with Gasteiger partial charge in [0.1, 0.15) is 31.0 Å². The quantitative estimate of drug-likeness (QED) is 0.577. The summed E-state index contributed by atoms with van der Waals surface area (Å²) in [5.41, 5.74) is 2.38. The van der Waals surface area contributed by atoms with E-state index in [1.165, 1.54) is 4.90 Å². The number of fused-ring (bicyclic) bond motifs is 1. The highest BCUT2D eigenvalue weighted by Crippen LogP contribution is 2.04. The zero-order valence-electron chi connectivity index (χ0n) is 14.5. The minimum atomic E-state index is -0.0657. The van der Waals surface area contributed by atoms with Gasteiger partial charge in [-0.1, -0.05) is 6.07 Å². The topological polar surface area (TPSA) is 65.1 Å². The molecule has 0 unspecified atom stereocenters. The van der Waals surface area contributed by atoms with Crippen LogP contribution in [-0.2, 0) is 19.6 Å². The first-order chi connectivity index (χ1) is 12.7. The van der Waals surface area contributed by atoms with Crippen molar-refractivity contribution in [2.24, 2.45) is 0 Å². The molecule has 4 aromatic heterocycles. The molecule has 6 heteroatoms. The van der Waals surface area contributed by atoms with Crippen molar-refractivity contribution in [3.63, 3.8) is 0 Å². The van der Waals surface area contributed by atoms with Gasteiger partial charge in [0, 0.05) is 12.3 Å². The predicted octanol–water partition coefficient (Wildman–Crippen LogP) is 1.97. The molecule has 26 heavy (non-hydrogen) atoms. The number of hydrogen-bond acceptors (Lipinski definition) is 4. The average Bonchev–Trinajstić information content (AvgIpc) is 3.30. The van der Waals surface area contributed by atoms with Crippen LogP contribution in [0.1, 0.15) is 22.8 Å². The van der Waals surface area contributed by atoms with Crippen molar-refractivity contribution in [3.05, 3.63) is 94.3 Å². The lowest BCUT2D eigenvalue weighted by Crippen LogP contribution is -3.08. The number of aromatic nitrogens is 2. The number of hydrogen-bond donors (Lipinski definition) is 1. The number of nitrogens with one attached hydrogen (secondary N) is 1. The molecule has 4 rings (SSSR count). The smallest absolute Gasteiger partial charge is 0.258 e. The molecule has 1 N–H and O–H groups in total. The molecule has 0 fully saturated rings. The van der Waals surface area contributed by atoms with Gasteiger partial charge in [0.15, 0.2) is 11.5 Å². The first kappa shape index (κ1) is 16.4. The first-order valence-electron chi connectivity index (χ1n) is 8.55. The van der Waals surface area contributed by atoms with E-state index in [9.17, 15) is 4.79 Å². The van der Waals surface area contributed by atoms with Crippen molar-refractivity contribution >= 4 is 5.65 Å². The second-order valence-corrected chi connectivity index (χ2v) is 6.46. The Morgan fingerprint density at radius 1 is 1.00 bits per heavy atom. The molecule has 0 aliphatic heterocycles. The highest BCUT2D eigenvalue weighted by Gasteiger charge is 2.16. The molecule has 0 bridgehead atoms. The Bertz CT molecular complexity index is 1010. The molecular weight excluding hydrogens is 330 g/mol. The van der Waals surface area contributed by atoms with E-state index in [1.54, 1.807) is 23.0 Å². The molecule has 0 aromatic carbocycles. The first-order valence-corrected chi connectivity index (χ1v) is 8.55. The van der Waals surface area contributed by atoms with Crippen molar-refractivity contribution in [1.82, 2.24) is 9.38 Å². The Morgan fingerprint density at radius 3 is 2.31 bits per heavy atom. The summed E-state index contributed by atoms with van der Waals surface area (Å²) in [5.74, 6) is 1.78. The number of quaternary nitrogens is 1. The van der Waals surface area contributed by atoms with Gasteiger partial charge < -0.3 is 13.7 Å². The number of aryl methyl sites for hydroxylation is 1. The summed E-state index contributed by atoms with van der Waals surface area (Å²) >= 11 is 0. The number of pyridine rings is 1. The van der Waals surface area contributed by atoms with Gasteiger partial charge in [-0.2, -0.15) is 0 Å². The lowest BCUT2D eigenvalue weighted by molar-refractivity contribution is -0.943. The minimum Gasteiger partial charge on any atom is -0.463 e. The maximum absolute atomic E-state index is 12.4. The fraction of sp³-hybridized carbons (Fsp3) is 0.200. The predicted molar refractivity (Wildman–Crippen MR) is 95.7 cm³/mol. The zero-order valence-corrected chi connectivity index (χ0v) is 14.5. The molecule has 0 saturated heterocycles. The van der Waals surface area contributed by atoms with Crippen LogP contribution in [0.2, 0.25) is 0 Å². The molecule has 0 radical (unpaired) electrons. The van der Waals surface area contributed by atoms with Gasteiger partial charge in [-0.05, 0) is 42.8 Å². The Labute approximate surface area is 150 Å². The summed E-state index contributed by atoms with van der Waals surface area (Å²) in [6.07, 6.45) is 5.15. The van der Waals surface area contributed by atoms with E-state index in [1.807, 2.05) is 49.5 Å². The second kappa shape index (κ2) is 7.01. The van der Waals surface area contributed by atoms with Gasteiger partial charge in [0.05, 0.1) is 12.5 Å². The fourth-order valence-electron chi connectivity index (χ4n) is 3.11. The fourth-order valence-corrected chi connectivity index (χ4v) is 3.11. The molecule has 4 aromatic rings. The third-order valence-electron chi connectivity index (χ3n) is 4.30. The summed E-state index contributed by atoms with van der Waals surface area (Å²) < 4.78 is 12.6. The Hall–Kier alpha value is -3.12. The summed E-state index contributed by atoms with van der Waals surface area (Å²) in [4.78, 5) is 18.3. The number of nitrogens with zero attached hydrogens (tertiary/aromatic N) is 2. The molecule has 0 aliphatic rings. The van der Waals surface area contributed by atoms with Crippen LogP contribution in [0.5, 0.6) is 0 Å². The maximum Gasteiger partial charge on any atom is 0.258 e. The van der Waals surface area contributed by atoms with Gasteiger partial charge >= 0.3 is 0 Å². The third-order valence-corrected chi connectivity index (χ3v) is 4.30. The van der Waals surface area contributed by atoms with Gasteiger partial charge in [0.2, 0.25) is 0 Å². The normalized spacial score (nSPS) is 11.5. The van der Waals surface area contributed by atoms with Gasteiger partial charge in [-0.3, -0.25) is 9.20 Å².